The van der Waals surface area contributed by atoms with Gasteiger partial charge in [0.25, 0.3) is 0 Å². The maximum absolute atomic E-state index is 11.1. The molecule has 23 heavy (non-hydrogen) atoms. The van der Waals surface area contributed by atoms with Crippen molar-refractivity contribution in [3.05, 3.63) is 65.8 Å². The minimum absolute atomic E-state index is 0.162. The highest BCUT2D eigenvalue weighted by molar-refractivity contribution is 5.91. The molecule has 2 aromatic rings. The van der Waals surface area contributed by atoms with E-state index in [1.165, 1.54) is 13.3 Å². The molecule has 0 saturated heterocycles. The molecule has 0 radical (unpaired) electrons. The number of aryl methyl sites for hydroxylation is 1. The zero-order valence-corrected chi connectivity index (χ0v) is 13.0. The number of esters is 1. The van der Waals surface area contributed by atoms with Crippen LogP contribution in [0.3, 0.4) is 0 Å². The van der Waals surface area contributed by atoms with E-state index in [1.807, 2.05) is 6.92 Å². The third kappa shape index (κ3) is 5.03. The number of hydrogen-bond donors (Lipinski definition) is 1. The Hall–Kier alpha value is -3.02. The number of pyridine rings is 2. The quantitative estimate of drug-likeness (QED) is 0.873. The second-order valence-electron chi connectivity index (χ2n) is 4.31. The van der Waals surface area contributed by atoms with Gasteiger partial charge in [-0.15, -0.1) is 0 Å². The molecule has 0 atom stereocenters. The van der Waals surface area contributed by atoms with Gasteiger partial charge in [-0.2, -0.15) is 0 Å². The van der Waals surface area contributed by atoms with E-state index in [4.69, 9.17) is 5.11 Å². The van der Waals surface area contributed by atoms with Gasteiger partial charge >= 0.3 is 11.9 Å². The lowest BCUT2D eigenvalue weighted by Gasteiger charge is -2.00. The van der Waals surface area contributed by atoms with Crippen LogP contribution < -0.4 is 0 Å². The molecule has 0 unspecified atom stereocenters. The molecular formula is C17H18N2O4. The second kappa shape index (κ2) is 9.09. The lowest BCUT2D eigenvalue weighted by atomic mass is 10.1. The van der Waals surface area contributed by atoms with E-state index in [9.17, 15) is 9.59 Å². The van der Waals surface area contributed by atoms with Crippen molar-refractivity contribution in [3.8, 4) is 0 Å². The third-order valence-electron chi connectivity index (χ3n) is 2.91. The van der Waals surface area contributed by atoms with Gasteiger partial charge in [-0.25, -0.2) is 19.6 Å². The fourth-order valence-corrected chi connectivity index (χ4v) is 1.77. The van der Waals surface area contributed by atoms with Crippen molar-refractivity contribution in [2.45, 2.75) is 13.3 Å². The summed E-state index contributed by atoms with van der Waals surface area (Å²) in [7, 11) is 1.32. The first-order valence-electron chi connectivity index (χ1n) is 6.88. The molecule has 120 valence electrons. The van der Waals surface area contributed by atoms with Gasteiger partial charge in [0.2, 0.25) is 0 Å². The van der Waals surface area contributed by atoms with E-state index in [1.54, 1.807) is 36.5 Å². The SMILES string of the molecule is C=Cc1cccnc1C(=O)OC.CCc1cccnc1C(=O)O. The van der Waals surface area contributed by atoms with Crippen LogP contribution in [0.5, 0.6) is 0 Å². The predicted molar refractivity (Wildman–Crippen MR) is 86.2 cm³/mol. The molecule has 2 aromatic heterocycles. The van der Waals surface area contributed by atoms with Crippen molar-refractivity contribution < 1.29 is 19.4 Å². The first kappa shape index (κ1) is 18.0. The van der Waals surface area contributed by atoms with E-state index >= 15 is 0 Å². The molecule has 0 aliphatic carbocycles. The molecule has 0 aromatic carbocycles. The van der Waals surface area contributed by atoms with Gasteiger partial charge in [0.1, 0.15) is 0 Å². The Morgan fingerprint density at radius 3 is 2.30 bits per heavy atom. The average Bonchev–Trinajstić information content (AvgIpc) is 2.61. The molecule has 0 fully saturated rings. The molecule has 2 rings (SSSR count). The van der Waals surface area contributed by atoms with Gasteiger partial charge in [0, 0.05) is 18.0 Å². The van der Waals surface area contributed by atoms with Crippen LogP contribution in [0.2, 0.25) is 0 Å². The highest BCUT2D eigenvalue weighted by atomic mass is 16.5. The Morgan fingerprint density at radius 1 is 1.22 bits per heavy atom. The number of nitrogens with zero attached hydrogens (tertiary/aromatic N) is 2. The van der Waals surface area contributed by atoms with Gasteiger partial charge in [-0.3, -0.25) is 0 Å². The van der Waals surface area contributed by atoms with Crippen molar-refractivity contribution in [1.82, 2.24) is 9.97 Å². The maximum atomic E-state index is 11.1. The number of hydrogen-bond acceptors (Lipinski definition) is 5. The summed E-state index contributed by atoms with van der Waals surface area (Å²) in [5.41, 5.74) is 1.93. The van der Waals surface area contributed by atoms with E-state index in [0.29, 0.717) is 17.7 Å². The smallest absolute Gasteiger partial charge is 0.357 e. The summed E-state index contributed by atoms with van der Waals surface area (Å²) in [6, 6.07) is 7.01. The fourth-order valence-electron chi connectivity index (χ4n) is 1.77. The van der Waals surface area contributed by atoms with Crippen LogP contribution in [0.25, 0.3) is 6.08 Å². The molecule has 0 aliphatic rings. The first-order chi connectivity index (χ1) is 11.0. The van der Waals surface area contributed by atoms with Crippen molar-refractivity contribution in [2.24, 2.45) is 0 Å². The van der Waals surface area contributed by atoms with Gasteiger partial charge in [0.05, 0.1) is 7.11 Å². The summed E-state index contributed by atoms with van der Waals surface area (Å²) in [5, 5.41) is 8.63. The lowest BCUT2D eigenvalue weighted by Crippen LogP contribution is -2.05. The van der Waals surface area contributed by atoms with Crippen LogP contribution >= 0.6 is 0 Å². The van der Waals surface area contributed by atoms with Crippen LogP contribution in [0, 0.1) is 0 Å². The molecule has 0 saturated carbocycles. The Morgan fingerprint density at radius 2 is 1.83 bits per heavy atom. The molecule has 0 aliphatic heterocycles. The summed E-state index contributed by atoms with van der Waals surface area (Å²) in [6.45, 7) is 5.47. The largest absolute Gasteiger partial charge is 0.477 e. The van der Waals surface area contributed by atoms with E-state index in [-0.39, 0.29) is 5.69 Å². The van der Waals surface area contributed by atoms with Gasteiger partial charge < -0.3 is 9.84 Å². The zero-order valence-electron chi connectivity index (χ0n) is 13.0. The minimum Gasteiger partial charge on any atom is -0.477 e. The number of methoxy groups -OCH3 is 1. The van der Waals surface area contributed by atoms with E-state index in [0.717, 1.165) is 5.56 Å². The Labute approximate surface area is 134 Å². The number of aromatic nitrogens is 2. The van der Waals surface area contributed by atoms with Crippen LogP contribution in [-0.2, 0) is 11.2 Å². The highest BCUT2D eigenvalue weighted by Crippen LogP contribution is 2.07. The fraction of sp³-hybridized carbons (Fsp3) is 0.176. The van der Waals surface area contributed by atoms with E-state index < -0.39 is 11.9 Å². The Kier molecular flexibility index (Phi) is 7.13. The van der Waals surface area contributed by atoms with E-state index in [2.05, 4.69) is 21.3 Å². The predicted octanol–water partition coefficient (Wildman–Crippen LogP) is 2.85. The number of carboxylic acid groups (broad SMARTS) is 1. The summed E-state index contributed by atoms with van der Waals surface area (Å²) in [6.07, 6.45) is 5.30. The normalized spacial score (nSPS) is 9.30. The molecule has 0 spiro atoms. The highest BCUT2D eigenvalue weighted by Gasteiger charge is 2.09. The molecule has 2 heterocycles. The van der Waals surface area contributed by atoms with Gasteiger partial charge in [0.15, 0.2) is 11.4 Å². The molecule has 1 N–H and O–H groups in total. The van der Waals surface area contributed by atoms with Gasteiger partial charge in [-0.1, -0.05) is 31.7 Å². The monoisotopic (exact) mass is 314 g/mol. The van der Waals surface area contributed by atoms with Crippen molar-refractivity contribution in [3.63, 3.8) is 0 Å². The van der Waals surface area contributed by atoms with Crippen molar-refractivity contribution in [1.29, 1.82) is 0 Å². The summed E-state index contributed by atoms with van der Waals surface area (Å²) < 4.78 is 4.53. The summed E-state index contributed by atoms with van der Waals surface area (Å²) in [4.78, 5) is 29.2. The summed E-state index contributed by atoms with van der Waals surface area (Å²) >= 11 is 0. The van der Waals surface area contributed by atoms with Crippen LogP contribution in [0.15, 0.2) is 43.2 Å². The van der Waals surface area contributed by atoms with Gasteiger partial charge in [-0.05, 0) is 24.1 Å². The van der Waals surface area contributed by atoms with Crippen LogP contribution in [-0.4, -0.2) is 34.1 Å². The Balaban J connectivity index is 0.000000231. The van der Waals surface area contributed by atoms with Crippen LogP contribution in [0.4, 0.5) is 0 Å². The number of carbonyl (C=O) groups excluding carboxylic acids is 1. The molecule has 0 bridgehead atoms. The topological polar surface area (TPSA) is 89.4 Å². The number of carbonyl (C=O) groups is 2. The zero-order chi connectivity index (χ0) is 17.2. The number of rotatable bonds is 4. The summed E-state index contributed by atoms with van der Waals surface area (Å²) in [5.74, 6) is -1.40. The molecular weight excluding hydrogens is 296 g/mol. The van der Waals surface area contributed by atoms with Crippen molar-refractivity contribution >= 4 is 18.0 Å². The maximum Gasteiger partial charge on any atom is 0.357 e. The number of ether oxygens (including phenoxy) is 1. The lowest BCUT2D eigenvalue weighted by molar-refractivity contribution is 0.0593. The molecule has 6 heteroatoms. The minimum atomic E-state index is -0.956. The molecule has 6 nitrogen and oxygen atoms in total. The third-order valence-corrected chi connectivity index (χ3v) is 2.91. The number of aromatic carboxylic acids is 1. The average molecular weight is 314 g/mol. The Bertz CT molecular complexity index is 698. The van der Waals surface area contributed by atoms with Crippen LogP contribution in [0.1, 0.15) is 39.0 Å². The second-order valence-corrected chi connectivity index (χ2v) is 4.31. The number of carboxylic acids is 1. The first-order valence-corrected chi connectivity index (χ1v) is 6.88. The molecule has 0 amide bonds. The van der Waals surface area contributed by atoms with Crippen molar-refractivity contribution in [2.75, 3.05) is 7.11 Å². The standard InChI is InChI=1S/C9H9NO2.C8H9NO2/c1-3-7-5-4-6-10-8(7)9(11)12-2;1-2-6-4-3-5-9-7(6)8(10)11/h3-6H,1H2,2H3;3-5H,2H2,1H3,(H,10,11).